The minimum atomic E-state index is -0.198. The normalized spacial score (nSPS) is 10.7. The fraction of sp³-hybridized carbons (Fsp3) is 0. The molecule has 0 spiro atoms. The standard InChI is InChI=1S/C13H9N2O3/c16-15(17)10-6-7-12-11(8-10)14-13(18-12)9-4-2-1-3-5-9/h1-8H,(H,16,17)/q+1. The molecule has 0 saturated carbocycles. The first-order valence-electron chi connectivity index (χ1n) is 5.36. The third kappa shape index (κ3) is 1.71. The molecule has 18 heavy (non-hydrogen) atoms. The molecule has 0 bridgehead atoms. The van der Waals surface area contributed by atoms with Crippen LogP contribution in [0.4, 0.5) is 5.69 Å². The maximum atomic E-state index is 10.8. The summed E-state index contributed by atoms with van der Waals surface area (Å²) in [5, 5.41) is 8.83. The van der Waals surface area contributed by atoms with E-state index in [-0.39, 0.29) is 10.6 Å². The van der Waals surface area contributed by atoms with E-state index in [0.717, 1.165) is 5.56 Å². The highest BCUT2D eigenvalue weighted by atomic mass is 16.6. The Labute approximate surface area is 102 Å². The molecule has 0 unspecified atom stereocenters. The van der Waals surface area contributed by atoms with E-state index < -0.39 is 0 Å². The molecule has 0 atom stereocenters. The van der Waals surface area contributed by atoms with E-state index in [9.17, 15) is 4.91 Å². The average Bonchev–Trinajstić information content (AvgIpc) is 2.82. The Morgan fingerprint density at radius 2 is 1.89 bits per heavy atom. The summed E-state index contributed by atoms with van der Waals surface area (Å²) in [4.78, 5) is 14.9. The summed E-state index contributed by atoms with van der Waals surface area (Å²) in [6, 6.07) is 14.0. The molecule has 2 aromatic carbocycles. The number of fused-ring (bicyclic) bond motifs is 1. The lowest BCUT2D eigenvalue weighted by molar-refractivity contribution is -0.729. The second-order valence-electron chi connectivity index (χ2n) is 3.81. The number of aromatic nitrogens is 1. The van der Waals surface area contributed by atoms with E-state index in [1.807, 2.05) is 30.3 Å². The molecular weight excluding hydrogens is 232 g/mol. The van der Waals surface area contributed by atoms with Gasteiger partial charge in [0.2, 0.25) is 5.89 Å². The van der Waals surface area contributed by atoms with Gasteiger partial charge in [0.05, 0.1) is 4.91 Å². The molecule has 1 N–H and O–H groups in total. The van der Waals surface area contributed by atoms with Gasteiger partial charge in [0, 0.05) is 17.7 Å². The molecule has 0 saturated heterocycles. The van der Waals surface area contributed by atoms with Gasteiger partial charge < -0.3 is 4.42 Å². The van der Waals surface area contributed by atoms with E-state index in [0.29, 0.717) is 17.0 Å². The summed E-state index contributed by atoms with van der Waals surface area (Å²) < 4.78 is 5.58. The highest BCUT2D eigenvalue weighted by Gasteiger charge is 2.15. The molecule has 1 aromatic heterocycles. The summed E-state index contributed by atoms with van der Waals surface area (Å²) in [6.45, 7) is 0. The van der Waals surface area contributed by atoms with Crippen LogP contribution in [0.5, 0.6) is 0 Å². The van der Waals surface area contributed by atoms with Crippen LogP contribution in [0.25, 0.3) is 22.6 Å². The predicted octanol–water partition coefficient (Wildman–Crippen LogP) is 3.29. The second-order valence-corrected chi connectivity index (χ2v) is 3.81. The number of oxazole rings is 1. The van der Waals surface area contributed by atoms with Crippen LogP contribution in [0.15, 0.2) is 52.9 Å². The monoisotopic (exact) mass is 241 g/mol. The number of hydrogen-bond acceptors (Lipinski definition) is 3. The minimum absolute atomic E-state index is 0.121. The molecule has 88 valence electrons. The summed E-state index contributed by atoms with van der Waals surface area (Å²) in [5.41, 5.74) is 2.08. The molecule has 5 nitrogen and oxygen atoms in total. The van der Waals surface area contributed by atoms with Gasteiger partial charge in [-0.25, -0.2) is 10.2 Å². The molecular formula is C13H9N2O3+. The number of hydrogen-bond donors (Lipinski definition) is 1. The van der Waals surface area contributed by atoms with Gasteiger partial charge in [0.1, 0.15) is 5.52 Å². The van der Waals surface area contributed by atoms with Crippen LogP contribution in [-0.4, -0.2) is 15.1 Å². The molecule has 0 radical (unpaired) electrons. The zero-order chi connectivity index (χ0) is 12.5. The smallest absolute Gasteiger partial charge is 0.319 e. The van der Waals surface area contributed by atoms with Crippen LogP contribution >= 0.6 is 0 Å². The molecule has 0 fully saturated rings. The van der Waals surface area contributed by atoms with Crippen molar-refractivity contribution < 1.29 is 14.5 Å². The lowest BCUT2D eigenvalue weighted by atomic mass is 10.2. The first kappa shape index (κ1) is 10.5. The zero-order valence-electron chi connectivity index (χ0n) is 9.28. The minimum Gasteiger partial charge on any atom is -0.436 e. The van der Waals surface area contributed by atoms with Gasteiger partial charge in [-0.1, -0.05) is 18.2 Å². The topological polar surface area (TPSA) is 66.3 Å². The Morgan fingerprint density at radius 1 is 1.11 bits per heavy atom. The Bertz CT molecular complexity index is 719. The van der Waals surface area contributed by atoms with Gasteiger partial charge in [-0.15, -0.1) is 0 Å². The molecule has 0 aliphatic heterocycles. The van der Waals surface area contributed by atoms with Gasteiger partial charge in [-0.05, 0) is 18.2 Å². The van der Waals surface area contributed by atoms with Gasteiger partial charge in [-0.3, -0.25) is 0 Å². The summed E-state index contributed by atoms with van der Waals surface area (Å²) in [5.74, 6) is 0.484. The summed E-state index contributed by atoms with van der Waals surface area (Å²) in [6.07, 6.45) is 0. The van der Waals surface area contributed by atoms with Crippen LogP contribution in [0, 0.1) is 4.91 Å². The Hall–Kier alpha value is -2.69. The Balaban J connectivity index is 2.14. The van der Waals surface area contributed by atoms with Gasteiger partial charge in [0.15, 0.2) is 5.58 Å². The van der Waals surface area contributed by atoms with Crippen molar-refractivity contribution in [3.63, 3.8) is 0 Å². The predicted molar refractivity (Wildman–Crippen MR) is 64.5 cm³/mol. The first-order chi connectivity index (χ1) is 8.74. The van der Waals surface area contributed by atoms with Crippen molar-refractivity contribution in [1.29, 1.82) is 0 Å². The summed E-state index contributed by atoms with van der Waals surface area (Å²) >= 11 is 0. The summed E-state index contributed by atoms with van der Waals surface area (Å²) in [7, 11) is 0. The van der Waals surface area contributed by atoms with Gasteiger partial charge in [0.25, 0.3) is 4.92 Å². The van der Waals surface area contributed by atoms with Crippen molar-refractivity contribution in [2.75, 3.05) is 0 Å². The van der Waals surface area contributed by atoms with Crippen molar-refractivity contribution in [3.05, 3.63) is 53.4 Å². The highest BCUT2D eigenvalue weighted by molar-refractivity contribution is 5.78. The lowest BCUT2D eigenvalue weighted by Crippen LogP contribution is -1.90. The average molecular weight is 241 g/mol. The largest absolute Gasteiger partial charge is 0.436 e. The third-order valence-corrected chi connectivity index (χ3v) is 2.61. The fourth-order valence-corrected chi connectivity index (χ4v) is 1.74. The Kier molecular flexibility index (Phi) is 2.30. The van der Waals surface area contributed by atoms with E-state index in [2.05, 4.69) is 4.98 Å². The number of nitrogens with zero attached hydrogens (tertiary/aromatic N) is 2. The van der Waals surface area contributed by atoms with Gasteiger partial charge in [-0.2, -0.15) is 0 Å². The molecule has 3 aromatic rings. The van der Waals surface area contributed by atoms with Crippen molar-refractivity contribution >= 4 is 16.8 Å². The van der Waals surface area contributed by atoms with Crippen molar-refractivity contribution in [1.82, 2.24) is 4.98 Å². The highest BCUT2D eigenvalue weighted by Crippen LogP contribution is 2.26. The van der Waals surface area contributed by atoms with E-state index in [1.54, 1.807) is 6.07 Å². The van der Waals surface area contributed by atoms with E-state index >= 15 is 0 Å². The quantitative estimate of drug-likeness (QED) is 0.699. The Morgan fingerprint density at radius 3 is 2.61 bits per heavy atom. The molecule has 0 amide bonds. The van der Waals surface area contributed by atoms with E-state index in [4.69, 9.17) is 9.62 Å². The van der Waals surface area contributed by atoms with Crippen LogP contribution in [0.1, 0.15) is 0 Å². The molecule has 0 aliphatic rings. The maximum Gasteiger partial charge on any atom is 0.319 e. The third-order valence-electron chi connectivity index (χ3n) is 2.61. The van der Waals surface area contributed by atoms with Gasteiger partial charge >= 0.3 is 5.69 Å². The van der Waals surface area contributed by atoms with Crippen molar-refractivity contribution in [3.8, 4) is 11.5 Å². The van der Waals surface area contributed by atoms with Crippen LogP contribution < -0.4 is 0 Å². The van der Waals surface area contributed by atoms with Crippen molar-refractivity contribution in [2.45, 2.75) is 0 Å². The van der Waals surface area contributed by atoms with Crippen LogP contribution in [0.2, 0.25) is 0 Å². The lowest BCUT2D eigenvalue weighted by Gasteiger charge is -1.91. The maximum absolute atomic E-state index is 10.8. The first-order valence-corrected chi connectivity index (χ1v) is 5.36. The molecule has 1 heterocycles. The molecule has 5 heteroatoms. The fourth-order valence-electron chi connectivity index (χ4n) is 1.74. The van der Waals surface area contributed by atoms with Crippen LogP contribution in [-0.2, 0) is 0 Å². The number of rotatable bonds is 2. The second kappa shape index (κ2) is 3.96. The molecule has 0 aliphatic carbocycles. The SMILES string of the molecule is O=[N+](O)c1ccc2oc(-c3ccccc3)nc2c1. The van der Waals surface area contributed by atoms with E-state index in [1.165, 1.54) is 12.1 Å². The van der Waals surface area contributed by atoms with Crippen LogP contribution in [0.3, 0.4) is 0 Å². The van der Waals surface area contributed by atoms with Crippen molar-refractivity contribution in [2.24, 2.45) is 0 Å². The zero-order valence-corrected chi connectivity index (χ0v) is 9.28. The molecule has 3 rings (SSSR count). The number of benzene rings is 2.